The number of phenols is 2. The van der Waals surface area contributed by atoms with E-state index in [2.05, 4.69) is 42.6 Å². The largest absolute Gasteiger partial charge is 0.508 e. The van der Waals surface area contributed by atoms with Gasteiger partial charge in [0.15, 0.2) is 24.9 Å². The monoisotopic (exact) mass is 1500 g/mol. The summed E-state index contributed by atoms with van der Waals surface area (Å²) < 4.78 is 28.1. The van der Waals surface area contributed by atoms with Gasteiger partial charge in [0, 0.05) is 17.7 Å². The molecule has 4 aromatic rings. The van der Waals surface area contributed by atoms with Crippen LogP contribution in [0, 0.1) is 25.7 Å². The zero-order chi connectivity index (χ0) is 77.6. The first kappa shape index (κ1) is 96.8. The van der Waals surface area contributed by atoms with E-state index in [4.69, 9.17) is 23.7 Å². The number of unbranched alkanes of at least 4 members (excludes halogenated alkanes) is 52. The highest BCUT2D eigenvalue weighted by atomic mass is 16.6. The molecule has 0 saturated heterocycles. The fourth-order valence-electron chi connectivity index (χ4n) is 14.9. The van der Waals surface area contributed by atoms with Gasteiger partial charge in [0.2, 0.25) is 0 Å². The van der Waals surface area contributed by atoms with Gasteiger partial charge in [-0.1, -0.05) is 393 Å². The zero-order valence-corrected chi connectivity index (χ0v) is 70.8. The minimum Gasteiger partial charge on any atom is -0.508 e. The summed E-state index contributed by atoms with van der Waals surface area (Å²) in [7, 11) is 1.62. The third-order valence-electron chi connectivity index (χ3n) is 22.0. The third-order valence-corrected chi connectivity index (χ3v) is 22.0. The Hall–Kier alpha value is -5.39. The molecule has 0 spiro atoms. The minimum atomic E-state index is -0.382. The van der Waals surface area contributed by atoms with Crippen LogP contribution in [-0.2, 0) is 19.1 Å². The second kappa shape index (κ2) is 69.5. The van der Waals surface area contributed by atoms with E-state index in [1.165, 1.54) is 366 Å². The van der Waals surface area contributed by atoms with Crippen molar-refractivity contribution in [3.63, 3.8) is 0 Å². The maximum atomic E-state index is 12.9. The SMILES string of the molecule is CCCCCCCCCCCCCCCCCCC(CCCCCCCCCCCCCC)COC(=O)COc1ccc(-c2nc(C)nc(-c3ccc(OC)cc3)n2)c(O)c1.CCCCCCCCCCCCCCCCCCC(CCCCCCCCCCCCCC)COC(=O)COc1ccc(C)c(O)c1. The van der Waals surface area contributed by atoms with Gasteiger partial charge in [0.05, 0.1) is 25.9 Å². The van der Waals surface area contributed by atoms with E-state index in [1.807, 2.05) is 31.2 Å². The molecular formula is C96H163N3O9. The fourth-order valence-corrected chi connectivity index (χ4v) is 14.9. The van der Waals surface area contributed by atoms with Gasteiger partial charge in [-0.05, 0) is 99.4 Å². The standard InChI is InChI=1S/C53H85N3O5.C43H78O4/c1-5-7-9-11-13-15-17-19-20-21-22-24-26-28-30-32-34-45(33-31-29-27-25-23-18-16-14-12-10-8-6-2)42-61-51(58)43-60-48-39-40-49(50(57)41-48)53-55-44(3)54-52(56-53)46-35-37-47(59-4)38-36-46;1-4-6-8-10-12-14-16-18-19-20-21-23-25-27-29-31-33-40(32-30-28-26-24-22-17-15-13-11-9-7-5-2)37-47-43(45)38-46-41-35-34-39(3)42(44)36-41/h35-41,45,57H,5-34,42-43H2,1-4H3;34-36,40,44H,4-33,37-38H2,1-3H3. The van der Waals surface area contributed by atoms with E-state index < -0.39 is 0 Å². The molecule has 108 heavy (non-hydrogen) atoms. The predicted octanol–water partition coefficient (Wildman–Crippen LogP) is 29.5. The Bertz CT molecular complexity index is 2720. The molecule has 0 aliphatic rings. The number of hydrogen-bond donors (Lipinski definition) is 2. The summed E-state index contributed by atoms with van der Waals surface area (Å²) in [5.41, 5.74) is 2.05. The second-order valence-electron chi connectivity index (χ2n) is 32.1. The maximum Gasteiger partial charge on any atom is 0.344 e. The molecule has 2 atom stereocenters. The van der Waals surface area contributed by atoms with E-state index in [9.17, 15) is 19.8 Å². The van der Waals surface area contributed by atoms with E-state index >= 15 is 0 Å². The Balaban J connectivity index is 0.000000581. The number of aromatic hydroxyl groups is 2. The summed E-state index contributed by atoms with van der Waals surface area (Å²) in [5.74, 6) is 3.25. The van der Waals surface area contributed by atoms with Gasteiger partial charge in [-0.25, -0.2) is 24.5 Å². The van der Waals surface area contributed by atoms with Crippen molar-refractivity contribution in [2.24, 2.45) is 11.8 Å². The Kier molecular flexibility index (Phi) is 62.3. The number of hydrogen-bond acceptors (Lipinski definition) is 12. The number of carbonyl (C=O) groups excluding carboxylic acids is 2. The number of aromatic nitrogens is 3. The second-order valence-corrected chi connectivity index (χ2v) is 32.1. The highest BCUT2D eigenvalue weighted by molar-refractivity contribution is 5.72. The average molecular weight is 1500 g/mol. The lowest BCUT2D eigenvalue weighted by atomic mass is 9.94. The summed E-state index contributed by atoms with van der Waals surface area (Å²) in [6, 6.07) is 17.5. The quantitative estimate of drug-likeness (QED) is 0.0319. The summed E-state index contributed by atoms with van der Waals surface area (Å²) in [6.45, 7) is 13.4. The lowest BCUT2D eigenvalue weighted by Gasteiger charge is -2.17. The van der Waals surface area contributed by atoms with Gasteiger partial charge >= 0.3 is 11.9 Å². The van der Waals surface area contributed by atoms with E-state index in [0.717, 1.165) is 42.6 Å². The molecule has 2 unspecified atom stereocenters. The molecule has 12 heteroatoms. The van der Waals surface area contributed by atoms with Crippen molar-refractivity contribution in [2.75, 3.05) is 33.5 Å². The van der Waals surface area contributed by atoms with Gasteiger partial charge in [-0.3, -0.25) is 0 Å². The van der Waals surface area contributed by atoms with Gasteiger partial charge in [0.1, 0.15) is 34.6 Å². The molecule has 0 aliphatic carbocycles. The van der Waals surface area contributed by atoms with Crippen LogP contribution in [0.2, 0.25) is 0 Å². The van der Waals surface area contributed by atoms with Gasteiger partial charge in [0.25, 0.3) is 0 Å². The van der Waals surface area contributed by atoms with Crippen LogP contribution < -0.4 is 14.2 Å². The maximum absolute atomic E-state index is 12.9. The lowest BCUT2D eigenvalue weighted by Crippen LogP contribution is -2.19. The molecule has 1 aromatic heterocycles. The molecule has 3 aromatic carbocycles. The number of nitrogens with zero attached hydrogens (tertiary/aromatic N) is 3. The highest BCUT2D eigenvalue weighted by Gasteiger charge is 2.18. The van der Waals surface area contributed by atoms with Crippen LogP contribution in [0.5, 0.6) is 28.7 Å². The number of carbonyl (C=O) groups is 2. The molecule has 0 radical (unpaired) electrons. The number of ether oxygens (including phenoxy) is 5. The van der Waals surface area contributed by atoms with Crippen molar-refractivity contribution in [3.05, 3.63) is 72.1 Å². The Morgan fingerprint density at radius 1 is 0.324 bits per heavy atom. The predicted molar refractivity (Wildman–Crippen MR) is 456 cm³/mol. The number of methoxy groups -OCH3 is 1. The van der Waals surface area contributed by atoms with Crippen LogP contribution in [0.15, 0.2) is 60.7 Å². The van der Waals surface area contributed by atoms with E-state index in [-0.39, 0.29) is 36.7 Å². The number of rotatable bonds is 73. The fraction of sp³-hybridized carbons (Fsp3) is 0.760. The van der Waals surface area contributed by atoms with Gasteiger partial charge in [-0.15, -0.1) is 0 Å². The summed E-state index contributed by atoms with van der Waals surface area (Å²) in [5, 5.41) is 20.8. The van der Waals surface area contributed by atoms with Crippen LogP contribution in [-0.4, -0.2) is 70.6 Å². The van der Waals surface area contributed by atoms with Crippen LogP contribution in [0.1, 0.15) is 424 Å². The van der Waals surface area contributed by atoms with Crippen LogP contribution >= 0.6 is 0 Å². The molecule has 4 rings (SSSR count). The number of phenolic OH excluding ortho intramolecular Hbond substituents is 2. The highest BCUT2D eigenvalue weighted by Crippen LogP contribution is 2.33. The number of esters is 2. The van der Waals surface area contributed by atoms with Crippen molar-refractivity contribution >= 4 is 11.9 Å². The molecule has 0 saturated carbocycles. The lowest BCUT2D eigenvalue weighted by molar-refractivity contribution is -0.148. The van der Waals surface area contributed by atoms with Crippen molar-refractivity contribution < 1.29 is 43.5 Å². The molecule has 616 valence electrons. The normalized spacial score (nSPS) is 11.9. The molecule has 0 fully saturated rings. The first-order valence-corrected chi connectivity index (χ1v) is 45.6. The Morgan fingerprint density at radius 3 is 0.880 bits per heavy atom. The Morgan fingerprint density at radius 2 is 0.593 bits per heavy atom. The van der Waals surface area contributed by atoms with E-state index in [1.54, 1.807) is 44.4 Å². The van der Waals surface area contributed by atoms with Gasteiger partial charge < -0.3 is 33.9 Å². The van der Waals surface area contributed by atoms with Crippen LogP contribution in [0.4, 0.5) is 0 Å². The van der Waals surface area contributed by atoms with Crippen molar-refractivity contribution in [1.29, 1.82) is 0 Å². The summed E-state index contributed by atoms with van der Waals surface area (Å²) >= 11 is 0. The van der Waals surface area contributed by atoms with E-state index in [0.29, 0.717) is 59.6 Å². The summed E-state index contributed by atoms with van der Waals surface area (Å²) in [4.78, 5) is 38.9. The smallest absolute Gasteiger partial charge is 0.344 e. The topological polar surface area (TPSA) is 159 Å². The minimum absolute atomic E-state index is 0.0431. The van der Waals surface area contributed by atoms with Crippen molar-refractivity contribution in [2.45, 2.75) is 427 Å². The molecule has 1 heterocycles. The first-order valence-electron chi connectivity index (χ1n) is 45.6. The zero-order valence-electron chi connectivity index (χ0n) is 70.8. The first-order chi connectivity index (χ1) is 53.0. The molecular weight excluding hydrogens is 1340 g/mol. The van der Waals surface area contributed by atoms with Crippen LogP contribution in [0.25, 0.3) is 22.8 Å². The van der Waals surface area contributed by atoms with Crippen molar-refractivity contribution in [1.82, 2.24) is 15.0 Å². The summed E-state index contributed by atoms with van der Waals surface area (Å²) in [6.07, 6.45) is 81.1. The Labute approximate surface area is 662 Å². The molecule has 2 N–H and O–H groups in total. The van der Waals surface area contributed by atoms with Crippen LogP contribution in [0.3, 0.4) is 0 Å². The average Bonchev–Trinajstić information content (AvgIpc) is 0.807. The third kappa shape index (κ3) is 53.5. The molecule has 12 nitrogen and oxygen atoms in total. The number of benzene rings is 3. The molecule has 0 aliphatic heterocycles. The molecule has 0 bridgehead atoms. The molecule has 0 amide bonds. The van der Waals surface area contributed by atoms with Gasteiger partial charge in [-0.2, -0.15) is 0 Å². The number of aryl methyl sites for hydroxylation is 2. The van der Waals surface area contributed by atoms with Crippen molar-refractivity contribution in [3.8, 4) is 51.5 Å².